The Bertz CT molecular complexity index is 421. The van der Waals surface area contributed by atoms with Crippen molar-refractivity contribution < 1.29 is 4.79 Å². The highest BCUT2D eigenvalue weighted by molar-refractivity contribution is 6.33. The van der Waals surface area contributed by atoms with E-state index in [4.69, 9.17) is 11.6 Å². The summed E-state index contributed by atoms with van der Waals surface area (Å²) in [7, 11) is 1.75. The summed E-state index contributed by atoms with van der Waals surface area (Å²) in [6.07, 6.45) is 0.975. The minimum atomic E-state index is -0.00991. The number of aromatic nitrogens is 2. The van der Waals surface area contributed by atoms with E-state index in [0.29, 0.717) is 16.4 Å². The van der Waals surface area contributed by atoms with Gasteiger partial charge in [0.05, 0.1) is 11.3 Å². The normalized spacial score (nSPS) is 17.0. The molecule has 0 spiro atoms. The molecule has 17 heavy (non-hydrogen) atoms. The van der Waals surface area contributed by atoms with E-state index >= 15 is 0 Å². The number of nitrogens with zero attached hydrogens (tertiary/aromatic N) is 3. The predicted molar refractivity (Wildman–Crippen MR) is 66.3 cm³/mol. The van der Waals surface area contributed by atoms with Gasteiger partial charge in [0.25, 0.3) is 5.91 Å². The van der Waals surface area contributed by atoms with E-state index in [1.54, 1.807) is 11.7 Å². The summed E-state index contributed by atoms with van der Waals surface area (Å²) >= 11 is 6.11. The fraction of sp³-hybridized carbons (Fsp3) is 0.636. The molecule has 1 fully saturated rings. The third kappa shape index (κ3) is 2.45. The summed E-state index contributed by atoms with van der Waals surface area (Å²) in [6.45, 7) is 5.11. The molecule has 1 saturated heterocycles. The zero-order chi connectivity index (χ0) is 12.4. The van der Waals surface area contributed by atoms with Gasteiger partial charge < -0.3 is 10.2 Å². The maximum absolute atomic E-state index is 12.4. The van der Waals surface area contributed by atoms with Crippen LogP contribution in [0.2, 0.25) is 5.15 Å². The number of halogens is 1. The van der Waals surface area contributed by atoms with Gasteiger partial charge in [0.2, 0.25) is 0 Å². The van der Waals surface area contributed by atoms with Crippen LogP contribution in [0.25, 0.3) is 0 Å². The molecule has 5 nitrogen and oxygen atoms in total. The van der Waals surface area contributed by atoms with Crippen molar-refractivity contribution in [3.05, 3.63) is 16.4 Å². The molecule has 1 aliphatic heterocycles. The first-order valence-corrected chi connectivity index (χ1v) is 6.18. The van der Waals surface area contributed by atoms with E-state index < -0.39 is 0 Å². The van der Waals surface area contributed by atoms with Gasteiger partial charge in [-0.25, -0.2) is 0 Å². The molecule has 6 heteroatoms. The van der Waals surface area contributed by atoms with Crippen molar-refractivity contribution in [2.45, 2.75) is 13.3 Å². The average Bonchev–Trinajstić information content (AvgIpc) is 2.52. The molecule has 1 aliphatic rings. The predicted octanol–water partition coefficient (Wildman–Crippen LogP) is 0.817. The lowest BCUT2D eigenvalue weighted by Gasteiger charge is -2.19. The smallest absolute Gasteiger partial charge is 0.258 e. The third-order valence-electron chi connectivity index (χ3n) is 2.99. The van der Waals surface area contributed by atoms with Crippen LogP contribution in [-0.4, -0.2) is 46.8 Å². The monoisotopic (exact) mass is 256 g/mol. The highest BCUT2D eigenvalue weighted by Crippen LogP contribution is 2.20. The number of aryl methyl sites for hydroxylation is 2. The van der Waals surface area contributed by atoms with Crippen LogP contribution in [0, 0.1) is 6.92 Å². The van der Waals surface area contributed by atoms with E-state index in [1.807, 2.05) is 11.8 Å². The molecule has 2 rings (SSSR count). The van der Waals surface area contributed by atoms with Crippen LogP contribution in [0.1, 0.15) is 22.5 Å². The number of carbonyl (C=O) groups excluding carboxylic acids is 1. The van der Waals surface area contributed by atoms with Crippen LogP contribution in [0.4, 0.5) is 0 Å². The maximum atomic E-state index is 12.4. The molecule has 94 valence electrons. The largest absolute Gasteiger partial charge is 0.337 e. The highest BCUT2D eigenvalue weighted by atomic mass is 35.5. The molecule has 1 aromatic rings. The minimum absolute atomic E-state index is 0.00991. The molecule has 1 amide bonds. The Morgan fingerprint density at radius 3 is 2.82 bits per heavy atom. The van der Waals surface area contributed by atoms with Gasteiger partial charge in [-0.2, -0.15) is 5.10 Å². The van der Waals surface area contributed by atoms with Crippen molar-refractivity contribution >= 4 is 17.5 Å². The topological polar surface area (TPSA) is 50.2 Å². The summed E-state index contributed by atoms with van der Waals surface area (Å²) in [5, 5.41) is 7.86. The number of nitrogens with one attached hydrogen (secondary N) is 1. The van der Waals surface area contributed by atoms with Gasteiger partial charge in [0, 0.05) is 26.7 Å². The van der Waals surface area contributed by atoms with Gasteiger partial charge in [-0.05, 0) is 19.9 Å². The first-order chi connectivity index (χ1) is 8.11. The number of hydrogen-bond donors (Lipinski definition) is 1. The van der Waals surface area contributed by atoms with Crippen molar-refractivity contribution in [1.29, 1.82) is 0 Å². The summed E-state index contributed by atoms with van der Waals surface area (Å²) in [6, 6.07) is 0. The summed E-state index contributed by atoms with van der Waals surface area (Å²) < 4.78 is 1.54. The van der Waals surface area contributed by atoms with E-state index in [0.717, 1.165) is 32.6 Å². The van der Waals surface area contributed by atoms with Crippen molar-refractivity contribution in [3.63, 3.8) is 0 Å². The Labute approximate surface area is 106 Å². The molecule has 0 atom stereocenters. The summed E-state index contributed by atoms with van der Waals surface area (Å²) in [5.74, 6) is -0.00991. The first-order valence-electron chi connectivity index (χ1n) is 5.80. The molecule has 1 N–H and O–H groups in total. The fourth-order valence-electron chi connectivity index (χ4n) is 2.08. The molecule has 0 radical (unpaired) electrons. The zero-order valence-corrected chi connectivity index (χ0v) is 10.9. The lowest BCUT2D eigenvalue weighted by molar-refractivity contribution is 0.0766. The van der Waals surface area contributed by atoms with Crippen molar-refractivity contribution in [3.8, 4) is 0 Å². The fourth-order valence-corrected chi connectivity index (χ4v) is 2.34. The Kier molecular flexibility index (Phi) is 3.69. The van der Waals surface area contributed by atoms with E-state index in [9.17, 15) is 4.79 Å². The second-order valence-corrected chi connectivity index (χ2v) is 4.63. The lowest BCUT2D eigenvalue weighted by atomic mass is 10.2. The number of amides is 1. The van der Waals surface area contributed by atoms with Gasteiger partial charge in [-0.1, -0.05) is 11.6 Å². The molecule has 0 bridgehead atoms. The highest BCUT2D eigenvalue weighted by Gasteiger charge is 2.24. The van der Waals surface area contributed by atoms with Crippen molar-refractivity contribution in [2.75, 3.05) is 26.2 Å². The Hall–Kier alpha value is -1.07. The molecular weight excluding hydrogens is 240 g/mol. The van der Waals surface area contributed by atoms with Crippen molar-refractivity contribution in [1.82, 2.24) is 20.0 Å². The van der Waals surface area contributed by atoms with Crippen LogP contribution < -0.4 is 5.32 Å². The number of carbonyl (C=O) groups is 1. The second-order valence-electron chi connectivity index (χ2n) is 4.27. The molecule has 0 aliphatic carbocycles. The van der Waals surface area contributed by atoms with Gasteiger partial charge in [0.1, 0.15) is 5.15 Å². The number of rotatable bonds is 1. The van der Waals surface area contributed by atoms with Gasteiger partial charge >= 0.3 is 0 Å². The molecule has 0 aromatic carbocycles. The minimum Gasteiger partial charge on any atom is -0.337 e. The van der Waals surface area contributed by atoms with E-state index in [1.165, 1.54) is 0 Å². The van der Waals surface area contributed by atoms with Crippen LogP contribution in [0.5, 0.6) is 0 Å². The molecule has 1 aromatic heterocycles. The maximum Gasteiger partial charge on any atom is 0.258 e. The number of hydrogen-bond acceptors (Lipinski definition) is 3. The van der Waals surface area contributed by atoms with Crippen LogP contribution in [0.15, 0.2) is 0 Å². The molecule has 2 heterocycles. The van der Waals surface area contributed by atoms with Crippen LogP contribution in [0.3, 0.4) is 0 Å². The lowest BCUT2D eigenvalue weighted by Crippen LogP contribution is -2.34. The van der Waals surface area contributed by atoms with Gasteiger partial charge in [-0.15, -0.1) is 0 Å². The summed E-state index contributed by atoms with van der Waals surface area (Å²) in [5.41, 5.74) is 1.23. The SMILES string of the molecule is Cc1nn(C)c(Cl)c1C(=O)N1CCCNCC1. The Morgan fingerprint density at radius 1 is 1.41 bits per heavy atom. The Morgan fingerprint density at radius 2 is 2.18 bits per heavy atom. The molecular formula is C11H17ClN4O. The van der Waals surface area contributed by atoms with Crippen LogP contribution >= 0.6 is 11.6 Å². The first kappa shape index (κ1) is 12.4. The van der Waals surface area contributed by atoms with Crippen LogP contribution in [-0.2, 0) is 7.05 Å². The van der Waals surface area contributed by atoms with E-state index in [-0.39, 0.29) is 5.91 Å². The second kappa shape index (κ2) is 5.06. The van der Waals surface area contributed by atoms with E-state index in [2.05, 4.69) is 10.4 Å². The standard InChI is InChI=1S/C11H17ClN4O/c1-8-9(10(12)15(2)14-8)11(17)16-6-3-4-13-5-7-16/h13H,3-7H2,1-2H3. The quantitative estimate of drug-likeness (QED) is 0.809. The third-order valence-corrected chi connectivity index (χ3v) is 3.43. The average molecular weight is 257 g/mol. The molecule has 0 saturated carbocycles. The van der Waals surface area contributed by atoms with Crippen molar-refractivity contribution in [2.24, 2.45) is 7.05 Å². The summed E-state index contributed by atoms with van der Waals surface area (Å²) in [4.78, 5) is 14.2. The molecule has 0 unspecified atom stereocenters. The Balaban J connectivity index is 2.23. The zero-order valence-electron chi connectivity index (χ0n) is 10.2. The van der Waals surface area contributed by atoms with Gasteiger partial charge in [-0.3, -0.25) is 9.48 Å². The van der Waals surface area contributed by atoms with Gasteiger partial charge in [0.15, 0.2) is 0 Å².